The van der Waals surface area contributed by atoms with Crippen LogP contribution in [0.25, 0.3) is 16.6 Å². The first-order valence-electron chi connectivity index (χ1n) is 13.1. The highest BCUT2D eigenvalue weighted by Gasteiger charge is 2.24. The van der Waals surface area contributed by atoms with Gasteiger partial charge in [-0.25, -0.2) is 19.2 Å². The second-order valence-electron chi connectivity index (χ2n) is 9.89. The SMILES string of the molecule is O=C(O)c1ccc2nc(CN3CC=C(c4ccnc(OCc5ccc(Cl)cc5F)n4)CC3)n(CC3CCO3)c2c1. The number of hydrogen-bond acceptors (Lipinski definition) is 7. The van der Waals surface area contributed by atoms with Crippen molar-refractivity contribution >= 4 is 34.2 Å². The average Bonchev–Trinajstić information content (AvgIpc) is 3.26. The zero-order valence-corrected chi connectivity index (χ0v) is 22.4. The molecule has 4 heterocycles. The molecule has 0 bridgehead atoms. The van der Waals surface area contributed by atoms with Crippen molar-refractivity contribution in [3.05, 3.63) is 88.2 Å². The van der Waals surface area contributed by atoms with Gasteiger partial charge in [0.25, 0.3) is 0 Å². The molecule has 4 aromatic rings. The summed E-state index contributed by atoms with van der Waals surface area (Å²) >= 11 is 5.82. The summed E-state index contributed by atoms with van der Waals surface area (Å²) in [5.74, 6) is -0.507. The van der Waals surface area contributed by atoms with Crippen LogP contribution in [0.15, 0.2) is 54.7 Å². The van der Waals surface area contributed by atoms with Crippen molar-refractivity contribution in [2.75, 3.05) is 19.7 Å². The van der Waals surface area contributed by atoms with E-state index in [-0.39, 0.29) is 24.3 Å². The summed E-state index contributed by atoms with van der Waals surface area (Å²) in [7, 11) is 0. The maximum Gasteiger partial charge on any atom is 0.335 e. The Bertz CT molecular complexity index is 1600. The van der Waals surface area contributed by atoms with Crippen molar-refractivity contribution in [2.45, 2.75) is 38.6 Å². The number of halogens is 2. The van der Waals surface area contributed by atoms with Gasteiger partial charge in [0.1, 0.15) is 18.2 Å². The third-order valence-corrected chi connectivity index (χ3v) is 7.48. The van der Waals surface area contributed by atoms with Crippen molar-refractivity contribution in [3.8, 4) is 6.01 Å². The van der Waals surface area contributed by atoms with E-state index in [1.54, 1.807) is 36.5 Å². The number of fused-ring (bicyclic) bond motifs is 1. The van der Waals surface area contributed by atoms with Crippen LogP contribution in [0.5, 0.6) is 6.01 Å². The number of imidazole rings is 1. The highest BCUT2D eigenvalue weighted by molar-refractivity contribution is 6.30. The predicted octanol–water partition coefficient (Wildman–Crippen LogP) is 4.97. The molecule has 1 atom stereocenters. The number of benzene rings is 2. The van der Waals surface area contributed by atoms with Crippen LogP contribution in [0.2, 0.25) is 5.02 Å². The summed E-state index contributed by atoms with van der Waals surface area (Å²) in [4.78, 5) is 27.4. The van der Waals surface area contributed by atoms with Crippen LogP contribution < -0.4 is 4.74 Å². The number of carbonyl (C=O) groups is 1. The third-order valence-electron chi connectivity index (χ3n) is 7.25. The number of ether oxygens (including phenoxy) is 2. The monoisotopic (exact) mass is 563 g/mol. The molecule has 2 aliphatic heterocycles. The molecule has 0 radical (unpaired) electrons. The smallest absolute Gasteiger partial charge is 0.335 e. The molecule has 0 saturated carbocycles. The molecule has 40 heavy (non-hydrogen) atoms. The first-order valence-corrected chi connectivity index (χ1v) is 13.5. The quantitative estimate of drug-likeness (QED) is 0.304. The van der Waals surface area contributed by atoms with E-state index in [0.29, 0.717) is 30.2 Å². The van der Waals surface area contributed by atoms with E-state index in [4.69, 9.17) is 26.1 Å². The zero-order chi connectivity index (χ0) is 27.6. The predicted molar refractivity (Wildman–Crippen MR) is 147 cm³/mol. The first kappa shape index (κ1) is 26.4. The van der Waals surface area contributed by atoms with Crippen LogP contribution in [-0.4, -0.2) is 61.3 Å². The molecule has 2 aliphatic rings. The molecule has 6 rings (SSSR count). The number of carboxylic acid groups (broad SMARTS) is 1. The number of aromatic nitrogens is 4. The highest BCUT2D eigenvalue weighted by Crippen LogP contribution is 2.26. The average molecular weight is 564 g/mol. The first-order chi connectivity index (χ1) is 19.4. The number of nitrogens with zero attached hydrogens (tertiary/aromatic N) is 5. The van der Waals surface area contributed by atoms with Crippen LogP contribution >= 0.6 is 11.6 Å². The fourth-order valence-corrected chi connectivity index (χ4v) is 5.08. The van der Waals surface area contributed by atoms with Crippen molar-refractivity contribution in [2.24, 2.45) is 0 Å². The maximum absolute atomic E-state index is 14.1. The van der Waals surface area contributed by atoms with Crippen LogP contribution in [-0.2, 0) is 24.4 Å². The Labute approximate surface area is 234 Å². The Morgan fingerprint density at radius 3 is 2.80 bits per heavy atom. The van der Waals surface area contributed by atoms with Gasteiger partial charge in [-0.1, -0.05) is 23.7 Å². The fraction of sp³-hybridized carbons (Fsp3) is 0.310. The molecule has 0 amide bonds. The molecule has 1 unspecified atom stereocenters. The fourth-order valence-electron chi connectivity index (χ4n) is 4.92. The minimum atomic E-state index is -0.958. The van der Waals surface area contributed by atoms with Crippen LogP contribution in [0.1, 0.15) is 40.3 Å². The Kier molecular flexibility index (Phi) is 7.46. The van der Waals surface area contributed by atoms with Crippen molar-refractivity contribution in [3.63, 3.8) is 0 Å². The van der Waals surface area contributed by atoms with Gasteiger partial charge in [0.05, 0.1) is 41.5 Å². The lowest BCUT2D eigenvalue weighted by Crippen LogP contribution is -2.33. The van der Waals surface area contributed by atoms with Gasteiger partial charge in [-0.3, -0.25) is 4.90 Å². The van der Waals surface area contributed by atoms with Crippen molar-refractivity contribution in [1.29, 1.82) is 0 Å². The van der Waals surface area contributed by atoms with Crippen molar-refractivity contribution < 1.29 is 23.8 Å². The van der Waals surface area contributed by atoms with E-state index in [1.807, 2.05) is 6.07 Å². The summed E-state index contributed by atoms with van der Waals surface area (Å²) < 4.78 is 27.5. The largest absolute Gasteiger partial charge is 0.478 e. The van der Waals surface area contributed by atoms with Crippen LogP contribution in [0.3, 0.4) is 0 Å². The van der Waals surface area contributed by atoms with Gasteiger partial charge in [-0.2, -0.15) is 4.98 Å². The van der Waals surface area contributed by atoms with Gasteiger partial charge in [-0.05, 0) is 54.8 Å². The number of carboxylic acids is 1. The Balaban J connectivity index is 1.15. The van der Waals surface area contributed by atoms with E-state index in [0.717, 1.165) is 54.1 Å². The second-order valence-corrected chi connectivity index (χ2v) is 10.3. The molecule has 11 heteroatoms. The molecule has 0 aliphatic carbocycles. The Morgan fingerprint density at radius 2 is 2.08 bits per heavy atom. The third kappa shape index (κ3) is 5.70. The molecule has 1 fully saturated rings. The van der Waals surface area contributed by atoms with Gasteiger partial charge >= 0.3 is 12.0 Å². The zero-order valence-electron chi connectivity index (χ0n) is 21.6. The maximum atomic E-state index is 14.1. The van der Waals surface area contributed by atoms with E-state index < -0.39 is 11.8 Å². The summed E-state index contributed by atoms with van der Waals surface area (Å²) in [6, 6.07) is 11.5. The Hall–Kier alpha value is -3.86. The van der Waals surface area contributed by atoms with E-state index in [2.05, 4.69) is 25.5 Å². The van der Waals surface area contributed by atoms with Crippen molar-refractivity contribution in [1.82, 2.24) is 24.4 Å². The van der Waals surface area contributed by atoms with Gasteiger partial charge in [0.15, 0.2) is 0 Å². The number of hydrogen-bond donors (Lipinski definition) is 1. The number of aromatic carboxylic acids is 1. The molecule has 9 nitrogen and oxygen atoms in total. The molecule has 1 saturated heterocycles. The molecule has 0 spiro atoms. The lowest BCUT2D eigenvalue weighted by molar-refractivity contribution is -0.0591. The molecular formula is C29H27ClFN5O4. The Morgan fingerprint density at radius 1 is 1.20 bits per heavy atom. The van der Waals surface area contributed by atoms with Crippen LogP contribution in [0, 0.1) is 5.82 Å². The number of rotatable bonds is 9. The van der Waals surface area contributed by atoms with Gasteiger partial charge in [0.2, 0.25) is 0 Å². The minimum absolute atomic E-state index is 0.000136. The summed E-state index contributed by atoms with van der Waals surface area (Å²) in [6.07, 6.45) is 5.64. The van der Waals surface area contributed by atoms with Crippen LogP contribution in [0.4, 0.5) is 4.39 Å². The van der Waals surface area contributed by atoms with E-state index in [1.165, 1.54) is 6.07 Å². The molecule has 2 aromatic heterocycles. The van der Waals surface area contributed by atoms with E-state index in [9.17, 15) is 14.3 Å². The molecule has 1 N–H and O–H groups in total. The minimum Gasteiger partial charge on any atom is -0.478 e. The lowest BCUT2D eigenvalue weighted by Gasteiger charge is -2.29. The highest BCUT2D eigenvalue weighted by atomic mass is 35.5. The molecular weight excluding hydrogens is 537 g/mol. The topological polar surface area (TPSA) is 103 Å². The second kappa shape index (κ2) is 11.3. The van der Waals surface area contributed by atoms with Gasteiger partial charge in [0, 0.05) is 36.5 Å². The van der Waals surface area contributed by atoms with Gasteiger partial charge < -0.3 is 19.1 Å². The lowest BCUT2D eigenvalue weighted by atomic mass is 10.0. The summed E-state index contributed by atoms with van der Waals surface area (Å²) in [5, 5.41) is 9.80. The molecule has 2 aromatic carbocycles. The standard InChI is InChI=1S/C29H27ClFN5O4/c30-21-3-1-20(23(31)14-21)17-40-29-32-9-5-24(34-29)18-6-10-35(11-7-18)16-27-33-25-4-2-19(28(37)38)13-26(25)36(27)15-22-8-12-39-22/h1-6,9,13-14,22H,7-8,10-12,15-17H2,(H,37,38). The summed E-state index contributed by atoms with van der Waals surface area (Å²) in [6.45, 7) is 3.52. The van der Waals surface area contributed by atoms with Gasteiger partial charge in [-0.15, -0.1) is 0 Å². The summed E-state index contributed by atoms with van der Waals surface area (Å²) in [5.41, 5.74) is 4.07. The molecule has 206 valence electrons. The normalized spacial score (nSPS) is 17.4. The van der Waals surface area contributed by atoms with E-state index >= 15 is 0 Å².